The minimum absolute atomic E-state index is 0.137. The molecule has 0 radical (unpaired) electrons. The number of aryl methyl sites for hydroxylation is 1. The van der Waals surface area contributed by atoms with Crippen molar-refractivity contribution in [3.05, 3.63) is 131 Å². The van der Waals surface area contributed by atoms with E-state index in [1.54, 1.807) is 29.2 Å². The van der Waals surface area contributed by atoms with Gasteiger partial charge in [-0.25, -0.2) is 4.39 Å². The van der Waals surface area contributed by atoms with Crippen molar-refractivity contribution in [3.8, 4) is 0 Å². The zero-order valence-electron chi connectivity index (χ0n) is 18.9. The highest BCUT2D eigenvalue weighted by atomic mass is 19.1. The summed E-state index contributed by atoms with van der Waals surface area (Å²) in [5.74, 6) is -0.639. The standard InChI is InChI=1S/C29H25FN2O2/c1-21-7-5-11-26(17-21)31-28(33)19-23-8-6-12-27(18-23)32(20-22-13-15-25(30)16-14-22)29(34)24-9-3-2-4-10-24/h2-18H,19-20H2,1H3,(H,31,33). The molecule has 4 aromatic rings. The van der Waals surface area contributed by atoms with Crippen molar-refractivity contribution in [2.24, 2.45) is 0 Å². The molecule has 0 aliphatic carbocycles. The molecule has 5 heteroatoms. The SMILES string of the molecule is Cc1cccc(NC(=O)Cc2cccc(N(Cc3ccc(F)cc3)C(=O)c3ccccc3)c2)c1. The van der Waals surface area contributed by atoms with Gasteiger partial charge in [-0.05, 0) is 72.1 Å². The van der Waals surface area contributed by atoms with E-state index in [9.17, 15) is 14.0 Å². The smallest absolute Gasteiger partial charge is 0.258 e. The van der Waals surface area contributed by atoms with Gasteiger partial charge in [0.15, 0.2) is 0 Å². The van der Waals surface area contributed by atoms with Crippen LogP contribution in [0.1, 0.15) is 27.0 Å². The Morgan fingerprint density at radius 1 is 0.794 bits per heavy atom. The average molecular weight is 453 g/mol. The number of hydrogen-bond acceptors (Lipinski definition) is 2. The Hall–Kier alpha value is -4.25. The molecule has 4 nitrogen and oxygen atoms in total. The number of hydrogen-bond donors (Lipinski definition) is 1. The van der Waals surface area contributed by atoms with E-state index in [1.165, 1.54) is 12.1 Å². The molecular formula is C29H25FN2O2. The first-order chi connectivity index (χ1) is 16.5. The van der Waals surface area contributed by atoms with Crippen molar-refractivity contribution in [1.82, 2.24) is 0 Å². The van der Waals surface area contributed by atoms with Gasteiger partial charge in [0.1, 0.15) is 5.82 Å². The zero-order chi connectivity index (χ0) is 23.9. The Morgan fingerprint density at radius 2 is 1.53 bits per heavy atom. The number of rotatable bonds is 7. The van der Waals surface area contributed by atoms with Gasteiger partial charge < -0.3 is 10.2 Å². The Kier molecular flexibility index (Phi) is 7.13. The minimum atomic E-state index is -0.327. The molecule has 0 saturated carbocycles. The lowest BCUT2D eigenvalue weighted by molar-refractivity contribution is -0.115. The van der Waals surface area contributed by atoms with Crippen LogP contribution in [0.15, 0.2) is 103 Å². The fraction of sp³-hybridized carbons (Fsp3) is 0.103. The molecule has 0 aliphatic heterocycles. The molecule has 0 unspecified atom stereocenters. The molecule has 170 valence electrons. The van der Waals surface area contributed by atoms with E-state index in [0.717, 1.165) is 22.4 Å². The molecule has 0 aliphatic rings. The van der Waals surface area contributed by atoms with Crippen LogP contribution in [-0.2, 0) is 17.8 Å². The molecule has 0 bridgehead atoms. The molecule has 0 atom stereocenters. The van der Waals surface area contributed by atoms with Gasteiger partial charge in [-0.1, -0.05) is 54.6 Å². The highest BCUT2D eigenvalue weighted by Crippen LogP contribution is 2.23. The first kappa shape index (κ1) is 22.9. The van der Waals surface area contributed by atoms with Crippen LogP contribution in [0.2, 0.25) is 0 Å². The maximum atomic E-state index is 13.4. The van der Waals surface area contributed by atoms with Crippen molar-refractivity contribution in [3.63, 3.8) is 0 Å². The summed E-state index contributed by atoms with van der Waals surface area (Å²) in [6, 6.07) is 30.1. The van der Waals surface area contributed by atoms with Crippen LogP contribution in [0.3, 0.4) is 0 Å². The van der Waals surface area contributed by atoms with Gasteiger partial charge >= 0.3 is 0 Å². The summed E-state index contributed by atoms with van der Waals surface area (Å²) < 4.78 is 13.4. The zero-order valence-corrected chi connectivity index (χ0v) is 18.9. The van der Waals surface area contributed by atoms with Crippen LogP contribution < -0.4 is 10.2 Å². The Balaban J connectivity index is 1.58. The van der Waals surface area contributed by atoms with Crippen LogP contribution in [0, 0.1) is 12.7 Å². The molecule has 4 rings (SSSR count). The van der Waals surface area contributed by atoms with Gasteiger partial charge in [0.2, 0.25) is 5.91 Å². The van der Waals surface area contributed by atoms with Crippen LogP contribution in [0.25, 0.3) is 0 Å². The summed E-state index contributed by atoms with van der Waals surface area (Å²) in [5, 5.41) is 2.92. The number of anilines is 2. The van der Waals surface area contributed by atoms with E-state index < -0.39 is 0 Å². The molecule has 0 aromatic heterocycles. The number of carbonyl (C=O) groups excluding carboxylic acids is 2. The molecule has 0 fully saturated rings. The lowest BCUT2D eigenvalue weighted by atomic mass is 10.1. The largest absolute Gasteiger partial charge is 0.326 e. The van der Waals surface area contributed by atoms with Crippen molar-refractivity contribution in [2.75, 3.05) is 10.2 Å². The summed E-state index contributed by atoms with van der Waals surface area (Å²) in [4.78, 5) is 27.7. The molecule has 0 spiro atoms. The molecule has 0 saturated heterocycles. The number of amides is 2. The Bertz CT molecular complexity index is 1290. The predicted octanol–water partition coefficient (Wildman–Crippen LogP) is 6.16. The van der Waals surface area contributed by atoms with Crippen LogP contribution >= 0.6 is 0 Å². The average Bonchev–Trinajstić information content (AvgIpc) is 2.84. The molecule has 0 heterocycles. The highest BCUT2D eigenvalue weighted by Gasteiger charge is 2.19. The minimum Gasteiger partial charge on any atom is -0.326 e. The topological polar surface area (TPSA) is 49.4 Å². The summed E-state index contributed by atoms with van der Waals surface area (Å²) in [7, 11) is 0. The Labute approximate surface area is 198 Å². The van der Waals surface area contributed by atoms with Crippen molar-refractivity contribution >= 4 is 23.2 Å². The van der Waals surface area contributed by atoms with Crippen LogP contribution in [0.5, 0.6) is 0 Å². The molecule has 4 aromatic carbocycles. The normalized spacial score (nSPS) is 10.5. The summed E-state index contributed by atoms with van der Waals surface area (Å²) in [5.41, 5.74) is 4.61. The monoisotopic (exact) mass is 452 g/mol. The van der Waals surface area contributed by atoms with Crippen molar-refractivity contribution in [2.45, 2.75) is 19.9 Å². The second-order valence-corrected chi connectivity index (χ2v) is 8.15. The van der Waals surface area contributed by atoms with E-state index in [2.05, 4.69) is 5.32 Å². The third-order valence-corrected chi connectivity index (χ3v) is 5.41. The predicted molar refractivity (Wildman–Crippen MR) is 133 cm³/mol. The third kappa shape index (κ3) is 5.95. The van der Waals surface area contributed by atoms with Gasteiger partial charge in [0.05, 0.1) is 13.0 Å². The van der Waals surface area contributed by atoms with Gasteiger partial charge in [0, 0.05) is 16.9 Å². The van der Waals surface area contributed by atoms with E-state index >= 15 is 0 Å². The van der Waals surface area contributed by atoms with E-state index in [0.29, 0.717) is 11.3 Å². The molecular weight excluding hydrogens is 427 g/mol. The summed E-state index contributed by atoms with van der Waals surface area (Å²) >= 11 is 0. The maximum absolute atomic E-state index is 13.4. The van der Waals surface area contributed by atoms with Gasteiger partial charge in [0.25, 0.3) is 5.91 Å². The number of benzene rings is 4. The first-order valence-corrected chi connectivity index (χ1v) is 11.0. The fourth-order valence-corrected chi connectivity index (χ4v) is 3.74. The maximum Gasteiger partial charge on any atom is 0.258 e. The van der Waals surface area contributed by atoms with Crippen molar-refractivity contribution < 1.29 is 14.0 Å². The second kappa shape index (κ2) is 10.6. The van der Waals surface area contributed by atoms with E-state index in [1.807, 2.05) is 73.7 Å². The first-order valence-electron chi connectivity index (χ1n) is 11.0. The van der Waals surface area contributed by atoms with Crippen LogP contribution in [-0.4, -0.2) is 11.8 Å². The van der Waals surface area contributed by atoms with E-state index in [4.69, 9.17) is 0 Å². The third-order valence-electron chi connectivity index (χ3n) is 5.41. The quantitative estimate of drug-likeness (QED) is 0.365. The highest BCUT2D eigenvalue weighted by molar-refractivity contribution is 6.06. The number of nitrogens with one attached hydrogen (secondary N) is 1. The van der Waals surface area contributed by atoms with Gasteiger partial charge in [-0.2, -0.15) is 0 Å². The fourth-order valence-electron chi connectivity index (χ4n) is 3.74. The number of nitrogens with zero attached hydrogens (tertiary/aromatic N) is 1. The molecule has 2 amide bonds. The van der Waals surface area contributed by atoms with Crippen molar-refractivity contribution in [1.29, 1.82) is 0 Å². The summed E-state index contributed by atoms with van der Waals surface area (Å²) in [6.45, 7) is 2.24. The lowest BCUT2D eigenvalue weighted by Crippen LogP contribution is -2.30. The molecule has 1 N–H and O–H groups in total. The van der Waals surface area contributed by atoms with Crippen LogP contribution in [0.4, 0.5) is 15.8 Å². The van der Waals surface area contributed by atoms with E-state index in [-0.39, 0.29) is 30.6 Å². The molecule has 34 heavy (non-hydrogen) atoms. The van der Waals surface area contributed by atoms with Gasteiger partial charge in [-0.15, -0.1) is 0 Å². The van der Waals surface area contributed by atoms with Gasteiger partial charge in [-0.3, -0.25) is 9.59 Å². The number of carbonyl (C=O) groups is 2. The lowest BCUT2D eigenvalue weighted by Gasteiger charge is -2.24. The second-order valence-electron chi connectivity index (χ2n) is 8.15. The number of halogens is 1. The Morgan fingerprint density at radius 3 is 2.26 bits per heavy atom. The summed E-state index contributed by atoms with van der Waals surface area (Å²) in [6.07, 6.45) is 0.172.